The molecule has 0 aromatic carbocycles. The molecule has 0 aliphatic rings. The van der Waals surface area contributed by atoms with Crippen molar-refractivity contribution in [2.45, 2.75) is 0 Å². The first-order valence-electron chi connectivity index (χ1n) is 0. The third kappa shape index (κ3) is 33.6. The van der Waals surface area contributed by atoms with Crippen molar-refractivity contribution in [1.82, 2.24) is 0 Å². The zero-order valence-corrected chi connectivity index (χ0v) is 9.27. The average Bonchev–Trinajstić information content (AvgIpc) is 0. The predicted octanol–water partition coefficient (Wildman–Crippen LogP) is -0.742. The van der Waals surface area contributed by atoms with E-state index in [4.69, 9.17) is 0 Å². The summed E-state index contributed by atoms with van der Waals surface area (Å²) in [5.74, 6) is 0. The summed E-state index contributed by atoms with van der Waals surface area (Å²) in [5, 5.41) is 0. The Morgan fingerprint density at radius 3 is 0.667 bits per heavy atom. The summed E-state index contributed by atoms with van der Waals surface area (Å²) in [4.78, 5) is 0. The van der Waals surface area contributed by atoms with Crippen LogP contribution in [0.2, 0.25) is 0 Å². The molecule has 6 heavy (non-hydrogen) atoms. The zero-order chi connectivity index (χ0) is 0. The zero-order valence-electron chi connectivity index (χ0n) is 2.99. The van der Waals surface area contributed by atoms with E-state index in [1.54, 1.807) is 0 Å². The van der Waals surface area contributed by atoms with Gasteiger partial charge in [0.05, 0.1) is 0 Å². The SMILES string of the molecule is [Ca+2].[Fe+2].[O-2].[O-2].[O-2].[Zn+2]. The van der Waals surface area contributed by atoms with Crippen molar-refractivity contribution in [3.63, 3.8) is 0 Å². The number of rotatable bonds is 0. The van der Waals surface area contributed by atoms with Crippen molar-refractivity contribution < 1.29 is 53.0 Å². The van der Waals surface area contributed by atoms with Crippen LogP contribution in [0.3, 0.4) is 0 Å². The molecule has 0 saturated carbocycles. The molecule has 0 radical (unpaired) electrons. The van der Waals surface area contributed by atoms with Crippen LogP contribution in [0, 0.1) is 0 Å². The minimum Gasteiger partial charge on any atom is -2.00 e. The first-order chi connectivity index (χ1) is 0. The van der Waals surface area contributed by atoms with Crippen LogP contribution in [-0.4, -0.2) is 37.7 Å². The Hall–Kier alpha value is 2.28. The molecule has 0 N–H and O–H groups in total. The molecule has 0 aromatic rings. The summed E-state index contributed by atoms with van der Waals surface area (Å²) in [6.07, 6.45) is 0. The van der Waals surface area contributed by atoms with Gasteiger partial charge in [0, 0.05) is 0 Å². The van der Waals surface area contributed by atoms with Crippen molar-refractivity contribution in [2.75, 3.05) is 0 Å². The third-order valence-corrected chi connectivity index (χ3v) is 0. The fourth-order valence-corrected chi connectivity index (χ4v) is 0. The second-order valence-corrected chi connectivity index (χ2v) is 0. The summed E-state index contributed by atoms with van der Waals surface area (Å²) >= 11 is 0. The monoisotopic (exact) mass is 208 g/mol. The van der Waals surface area contributed by atoms with E-state index in [0.29, 0.717) is 0 Å². The van der Waals surface area contributed by atoms with E-state index in [2.05, 4.69) is 0 Å². The van der Waals surface area contributed by atoms with Crippen LogP contribution < -0.4 is 0 Å². The molecule has 0 fully saturated rings. The standard InChI is InChI=1S/Ca.Fe.3O.Zn/q2*+2;3*-2;+2. The van der Waals surface area contributed by atoms with Crippen molar-refractivity contribution in [3.05, 3.63) is 0 Å². The summed E-state index contributed by atoms with van der Waals surface area (Å²) in [6.45, 7) is 0. The minimum atomic E-state index is 0. The fourth-order valence-electron chi connectivity index (χ4n) is 0. The third-order valence-electron chi connectivity index (χ3n) is 0. The molecule has 0 rings (SSSR count). The molecule has 0 aliphatic carbocycles. The van der Waals surface area contributed by atoms with E-state index in [-0.39, 0.29) is 90.7 Å². The van der Waals surface area contributed by atoms with Gasteiger partial charge in [-0.3, -0.25) is 0 Å². The number of hydrogen-bond donors (Lipinski definition) is 0. The van der Waals surface area contributed by atoms with Crippen LogP contribution in [0.15, 0.2) is 0 Å². The number of hydrogen-bond acceptors (Lipinski definition) is 0. The molecule has 0 aromatic heterocycles. The van der Waals surface area contributed by atoms with Gasteiger partial charge in [0.25, 0.3) is 0 Å². The van der Waals surface area contributed by atoms with Crippen molar-refractivity contribution in [2.24, 2.45) is 0 Å². The molecule has 0 heterocycles. The molecule has 0 spiro atoms. The van der Waals surface area contributed by atoms with Crippen LogP contribution in [0.4, 0.5) is 0 Å². The molecule has 0 bridgehead atoms. The Morgan fingerprint density at radius 1 is 0.667 bits per heavy atom. The van der Waals surface area contributed by atoms with Crippen molar-refractivity contribution >= 4 is 37.7 Å². The van der Waals surface area contributed by atoms with Gasteiger partial charge in [-0.2, -0.15) is 0 Å². The van der Waals surface area contributed by atoms with Crippen LogP contribution in [0.25, 0.3) is 0 Å². The molecular weight excluding hydrogens is 209 g/mol. The summed E-state index contributed by atoms with van der Waals surface area (Å²) < 4.78 is 0. The maximum absolute atomic E-state index is 0. The summed E-state index contributed by atoms with van der Waals surface area (Å²) in [7, 11) is 0. The molecule has 0 amide bonds. The van der Waals surface area contributed by atoms with Crippen LogP contribution in [-0.2, 0) is 53.0 Å². The van der Waals surface area contributed by atoms with Gasteiger partial charge in [-0.15, -0.1) is 0 Å². The van der Waals surface area contributed by atoms with Gasteiger partial charge in [0.2, 0.25) is 0 Å². The topological polar surface area (TPSA) is 85.5 Å². The Morgan fingerprint density at radius 2 is 0.667 bits per heavy atom. The summed E-state index contributed by atoms with van der Waals surface area (Å²) in [6, 6.07) is 0. The Kier molecular flexibility index (Phi) is 775. The first kappa shape index (κ1) is 84.3. The smallest absolute Gasteiger partial charge is 2.00 e. The second-order valence-electron chi connectivity index (χ2n) is 0. The molecule has 3 nitrogen and oxygen atoms in total. The largest absolute Gasteiger partial charge is 2.00 e. The van der Waals surface area contributed by atoms with E-state index in [1.807, 2.05) is 0 Å². The van der Waals surface area contributed by atoms with Crippen LogP contribution in [0.1, 0.15) is 0 Å². The van der Waals surface area contributed by atoms with E-state index < -0.39 is 0 Å². The van der Waals surface area contributed by atoms with Gasteiger partial charge in [-0.1, -0.05) is 0 Å². The molecular formula is CaFeO3Zn. The van der Waals surface area contributed by atoms with Crippen molar-refractivity contribution in [3.8, 4) is 0 Å². The quantitative estimate of drug-likeness (QED) is 0.470. The van der Waals surface area contributed by atoms with Gasteiger partial charge in [0.1, 0.15) is 0 Å². The van der Waals surface area contributed by atoms with E-state index in [1.165, 1.54) is 0 Å². The second kappa shape index (κ2) is 55.2. The molecule has 6 heteroatoms. The van der Waals surface area contributed by atoms with Gasteiger partial charge in [-0.25, -0.2) is 0 Å². The van der Waals surface area contributed by atoms with E-state index >= 15 is 0 Å². The van der Waals surface area contributed by atoms with Gasteiger partial charge < -0.3 is 16.4 Å². The Balaban J connectivity index is 0. The predicted molar refractivity (Wildman–Crippen MR) is 7.81 cm³/mol. The minimum absolute atomic E-state index is 0. The van der Waals surface area contributed by atoms with Gasteiger partial charge in [0.15, 0.2) is 0 Å². The molecule has 0 saturated heterocycles. The normalized spacial score (nSPS) is 0. The maximum atomic E-state index is 0. The molecule has 0 unspecified atom stereocenters. The first-order valence-corrected chi connectivity index (χ1v) is 0. The fraction of sp³-hybridized carbons (Fsp3) is 0. The molecule has 0 aliphatic heterocycles. The Labute approximate surface area is 89.4 Å². The van der Waals surface area contributed by atoms with E-state index in [0.717, 1.165) is 0 Å². The van der Waals surface area contributed by atoms with Crippen LogP contribution >= 0.6 is 0 Å². The van der Waals surface area contributed by atoms with Gasteiger partial charge >= 0.3 is 74.3 Å². The van der Waals surface area contributed by atoms with E-state index in [9.17, 15) is 0 Å². The Bertz CT molecular complexity index is 10.8. The molecule has 0 atom stereocenters. The summed E-state index contributed by atoms with van der Waals surface area (Å²) in [5.41, 5.74) is 0. The average molecular weight is 209 g/mol. The van der Waals surface area contributed by atoms with Gasteiger partial charge in [-0.05, 0) is 0 Å². The van der Waals surface area contributed by atoms with Crippen LogP contribution in [0.5, 0.6) is 0 Å². The maximum Gasteiger partial charge on any atom is 2.00 e. The van der Waals surface area contributed by atoms with Crippen molar-refractivity contribution in [1.29, 1.82) is 0 Å². The molecule has 30 valence electrons.